The molecular formula is C20H32O6Ti. The van der Waals surface area contributed by atoms with E-state index in [2.05, 4.69) is 6.58 Å². The third kappa shape index (κ3) is 36.1. The van der Waals surface area contributed by atoms with E-state index < -0.39 is 5.97 Å². The number of aliphatic carboxylic acids is 1. The van der Waals surface area contributed by atoms with Gasteiger partial charge in [-0.15, -0.1) is 0 Å². The summed E-state index contributed by atoms with van der Waals surface area (Å²) in [5.41, 5.74) is 0.836. The number of carboxylic acid groups (broad SMARTS) is 1. The maximum Gasteiger partial charge on any atom is 0.330 e. The van der Waals surface area contributed by atoms with Crippen LogP contribution in [0.1, 0.15) is 47.1 Å². The number of rotatable bonds is 3. The van der Waals surface area contributed by atoms with Crippen LogP contribution in [-0.2, 0) is 31.3 Å². The van der Waals surface area contributed by atoms with Crippen LogP contribution in [0, 0.1) is 0 Å². The van der Waals surface area contributed by atoms with Crippen LogP contribution in [0.25, 0.3) is 5.76 Å². The van der Waals surface area contributed by atoms with Crippen molar-refractivity contribution in [1.82, 2.24) is 0 Å². The van der Waals surface area contributed by atoms with Crippen molar-refractivity contribution in [3.63, 3.8) is 0 Å². The summed E-state index contributed by atoms with van der Waals surface area (Å²) in [5.74, 6) is -1.07. The smallest absolute Gasteiger partial charge is 0.330 e. The Labute approximate surface area is 177 Å². The van der Waals surface area contributed by atoms with Gasteiger partial charge in [0.1, 0.15) is 5.76 Å². The molecule has 0 heterocycles. The number of carbonyl (C=O) groups is 2. The van der Waals surface area contributed by atoms with Crippen LogP contribution < -0.4 is 0 Å². The molecule has 0 saturated heterocycles. The summed E-state index contributed by atoms with van der Waals surface area (Å²) in [6, 6.07) is 8.95. The molecule has 27 heavy (non-hydrogen) atoms. The molecule has 0 atom stereocenters. The van der Waals surface area contributed by atoms with Crippen molar-refractivity contribution >= 4 is 17.5 Å². The molecule has 0 unspecified atom stereocenters. The van der Waals surface area contributed by atoms with Crippen molar-refractivity contribution in [2.45, 2.75) is 53.8 Å². The molecular weight excluding hydrogens is 384 g/mol. The summed E-state index contributed by atoms with van der Waals surface area (Å²) in [6.45, 7) is 12.9. The van der Waals surface area contributed by atoms with Gasteiger partial charge in [-0.1, -0.05) is 36.9 Å². The van der Waals surface area contributed by atoms with Crippen molar-refractivity contribution in [2.75, 3.05) is 0 Å². The van der Waals surface area contributed by atoms with Crippen molar-refractivity contribution in [3.8, 4) is 0 Å². The molecule has 0 aliphatic heterocycles. The van der Waals surface area contributed by atoms with Crippen LogP contribution in [-0.4, -0.2) is 44.4 Å². The van der Waals surface area contributed by atoms with Crippen LogP contribution in [0.2, 0.25) is 0 Å². The number of aliphatic hydroxyl groups is 3. The molecule has 6 nitrogen and oxygen atoms in total. The van der Waals surface area contributed by atoms with Gasteiger partial charge in [0, 0.05) is 51.1 Å². The summed E-state index contributed by atoms with van der Waals surface area (Å²) in [6.07, 6.45) is 0.870. The molecule has 152 valence electrons. The van der Waals surface area contributed by atoms with Gasteiger partial charge >= 0.3 is 5.97 Å². The number of hydrogen-bond acceptors (Lipinski definition) is 5. The maximum atomic E-state index is 10.6. The van der Waals surface area contributed by atoms with Gasteiger partial charge in [0.2, 0.25) is 0 Å². The second kappa shape index (κ2) is 20.6. The van der Waals surface area contributed by atoms with E-state index in [4.69, 9.17) is 15.3 Å². The number of hydrogen-bond donors (Lipinski definition) is 4. The van der Waals surface area contributed by atoms with Crippen molar-refractivity contribution in [1.29, 1.82) is 0 Å². The maximum absolute atomic E-state index is 10.6. The summed E-state index contributed by atoms with van der Waals surface area (Å²) >= 11 is 0. The molecule has 7 heteroatoms. The first-order valence-electron chi connectivity index (χ1n) is 8.02. The van der Waals surface area contributed by atoms with Gasteiger partial charge < -0.3 is 20.4 Å². The first-order valence-corrected chi connectivity index (χ1v) is 8.02. The number of allylic oxidation sites excluding steroid dienone is 1. The van der Waals surface area contributed by atoms with Gasteiger partial charge in [-0.25, -0.2) is 4.79 Å². The number of carbonyl (C=O) groups excluding carboxylic acids is 1. The zero-order valence-electron chi connectivity index (χ0n) is 16.9. The molecule has 0 aromatic heterocycles. The number of benzene rings is 1. The normalized spacial score (nSPS) is 9.33. The van der Waals surface area contributed by atoms with Gasteiger partial charge in [-0.2, -0.15) is 0 Å². The first kappa shape index (κ1) is 32.9. The van der Waals surface area contributed by atoms with E-state index in [1.54, 1.807) is 52.0 Å². The zero-order valence-corrected chi connectivity index (χ0v) is 18.5. The minimum absolute atomic E-state index is 0. The fraction of sp³-hybridized carbons (Fsp3) is 0.400. The molecule has 1 aromatic rings. The fourth-order valence-corrected chi connectivity index (χ4v) is 0.885. The Bertz CT molecular complexity index is 527. The molecule has 0 aliphatic carbocycles. The summed E-state index contributed by atoms with van der Waals surface area (Å²) in [7, 11) is 0. The Morgan fingerprint density at radius 3 is 1.44 bits per heavy atom. The molecule has 0 spiro atoms. The molecule has 4 N–H and O–H groups in total. The Balaban J connectivity index is -0.000000149. The van der Waals surface area contributed by atoms with Gasteiger partial charge in [0.15, 0.2) is 5.78 Å². The fourth-order valence-electron chi connectivity index (χ4n) is 0.885. The minimum Gasteiger partial charge on any atom is -0.507 e. The van der Waals surface area contributed by atoms with E-state index in [0.29, 0.717) is 5.56 Å². The monoisotopic (exact) mass is 416 g/mol. The van der Waals surface area contributed by atoms with Crippen molar-refractivity contribution in [3.05, 3.63) is 54.1 Å². The second-order valence-corrected chi connectivity index (χ2v) is 5.78. The van der Waals surface area contributed by atoms with Gasteiger partial charge in [-0.05, 0) is 41.5 Å². The van der Waals surface area contributed by atoms with E-state index in [1.165, 1.54) is 19.9 Å². The molecule has 0 aliphatic rings. The minimum atomic E-state index is -0.935. The standard InChI is InChI=1S/C10H10O2.C4H6O2.2C3H8O.Ti/c1-8(11)7-10(12)9-5-3-2-4-6-9;1-3(2)4(5)6;2*1-3(2)4;/h2-7,12H,1H3;1H2,2H3,(H,5,6);2*3-4H,1-2H3;. The Kier molecular flexibility index (Phi) is 25.1. The topological polar surface area (TPSA) is 115 Å². The van der Waals surface area contributed by atoms with Gasteiger partial charge in [0.25, 0.3) is 0 Å². The first-order chi connectivity index (χ1) is 11.8. The third-order valence-electron chi connectivity index (χ3n) is 1.77. The molecule has 0 bridgehead atoms. The van der Waals surface area contributed by atoms with Crippen molar-refractivity contribution < 1.29 is 51.7 Å². The second-order valence-electron chi connectivity index (χ2n) is 5.78. The summed E-state index contributed by atoms with van der Waals surface area (Å²) in [5, 5.41) is 33.3. The van der Waals surface area contributed by atoms with E-state index in [9.17, 15) is 14.7 Å². The van der Waals surface area contributed by atoms with Crippen LogP contribution in [0.5, 0.6) is 0 Å². The quantitative estimate of drug-likeness (QED) is 0.340. The van der Waals surface area contributed by atoms with E-state index >= 15 is 0 Å². The van der Waals surface area contributed by atoms with Crippen LogP contribution in [0.4, 0.5) is 0 Å². The predicted molar refractivity (Wildman–Crippen MR) is 105 cm³/mol. The van der Waals surface area contributed by atoms with E-state index in [-0.39, 0.29) is 51.0 Å². The largest absolute Gasteiger partial charge is 0.507 e. The van der Waals surface area contributed by atoms with Crippen LogP contribution in [0.3, 0.4) is 0 Å². The molecule has 0 radical (unpaired) electrons. The summed E-state index contributed by atoms with van der Waals surface area (Å²) in [4.78, 5) is 20.2. The SMILES string of the molecule is C=C(C)C(=O)O.CC(=O)C=C(O)c1ccccc1.CC(C)O.CC(C)O.[Ti]. The molecule has 0 saturated carbocycles. The molecule has 1 rings (SSSR count). The number of carboxylic acids is 1. The van der Waals surface area contributed by atoms with Gasteiger partial charge in [-0.3, -0.25) is 4.79 Å². The molecule has 0 amide bonds. The zero-order chi connectivity index (χ0) is 21.3. The third-order valence-corrected chi connectivity index (χ3v) is 1.77. The Morgan fingerprint density at radius 1 is 0.926 bits per heavy atom. The Morgan fingerprint density at radius 2 is 1.22 bits per heavy atom. The molecule has 1 aromatic carbocycles. The van der Waals surface area contributed by atoms with E-state index in [1.807, 2.05) is 6.07 Å². The predicted octanol–water partition coefficient (Wildman–Crippen LogP) is 3.59. The average molecular weight is 416 g/mol. The molecule has 0 fully saturated rings. The van der Waals surface area contributed by atoms with E-state index in [0.717, 1.165) is 0 Å². The average Bonchev–Trinajstić information content (AvgIpc) is 2.46. The van der Waals surface area contributed by atoms with Crippen LogP contribution in [0.15, 0.2) is 48.6 Å². The van der Waals surface area contributed by atoms with Gasteiger partial charge in [0.05, 0.1) is 0 Å². The number of ketones is 1. The number of aliphatic hydroxyl groups excluding tert-OH is 3. The van der Waals surface area contributed by atoms with Crippen molar-refractivity contribution in [2.24, 2.45) is 0 Å². The van der Waals surface area contributed by atoms with Crippen LogP contribution >= 0.6 is 0 Å². The Hall–Kier alpha value is -1.73. The summed E-state index contributed by atoms with van der Waals surface area (Å²) < 4.78 is 0.